The second-order valence-corrected chi connectivity index (χ2v) is 6.17. The van der Waals surface area contributed by atoms with Gasteiger partial charge in [0, 0.05) is 5.69 Å². The normalized spacial score (nSPS) is 14.4. The number of halogens is 1. The van der Waals surface area contributed by atoms with Crippen molar-refractivity contribution in [1.29, 1.82) is 0 Å². The van der Waals surface area contributed by atoms with Crippen LogP contribution in [0, 0.1) is 5.82 Å². The molecular weight excluding hydrogens is 319 g/mol. The van der Waals surface area contributed by atoms with Gasteiger partial charge in [-0.15, -0.1) is 0 Å². The summed E-state index contributed by atoms with van der Waals surface area (Å²) in [7, 11) is 0. The molecule has 0 spiro atoms. The summed E-state index contributed by atoms with van der Waals surface area (Å²) >= 11 is 0. The number of hydrogen-bond acceptors (Lipinski definition) is 2. The van der Waals surface area contributed by atoms with Crippen molar-refractivity contribution in [2.24, 2.45) is 0 Å². The molecule has 1 aliphatic carbocycles. The average Bonchev–Trinajstić information content (AvgIpc) is 3.37. The highest BCUT2D eigenvalue weighted by Gasteiger charge is 2.45. The molecule has 1 fully saturated rings. The van der Waals surface area contributed by atoms with Gasteiger partial charge >= 0.3 is 0 Å². The third-order valence-corrected chi connectivity index (χ3v) is 4.32. The predicted molar refractivity (Wildman–Crippen MR) is 94.4 cm³/mol. The van der Waals surface area contributed by atoms with Crippen molar-refractivity contribution < 1.29 is 14.0 Å². The van der Waals surface area contributed by atoms with Crippen LogP contribution in [0.3, 0.4) is 0 Å². The van der Waals surface area contributed by atoms with Crippen molar-refractivity contribution in [3.05, 3.63) is 78.1 Å². The molecule has 4 nitrogen and oxygen atoms in total. The second-order valence-electron chi connectivity index (χ2n) is 6.17. The molecule has 2 N–H and O–H groups in total. The number of hydrogen-bond donors (Lipinski definition) is 2. The zero-order valence-corrected chi connectivity index (χ0v) is 13.7. The molecule has 2 aromatic rings. The van der Waals surface area contributed by atoms with Crippen molar-refractivity contribution in [2.45, 2.75) is 24.8 Å². The van der Waals surface area contributed by atoms with Crippen LogP contribution in [0.5, 0.6) is 0 Å². The van der Waals surface area contributed by atoms with Crippen molar-refractivity contribution in [3.8, 4) is 0 Å². The molecule has 0 saturated heterocycles. The molecule has 3 rings (SSSR count). The van der Waals surface area contributed by atoms with Gasteiger partial charge < -0.3 is 10.6 Å². The fourth-order valence-corrected chi connectivity index (χ4v) is 2.86. The highest BCUT2D eigenvalue weighted by molar-refractivity contribution is 5.99. The molecule has 2 amide bonds. The summed E-state index contributed by atoms with van der Waals surface area (Å²) in [6.07, 6.45) is 2.89. The van der Waals surface area contributed by atoms with Crippen LogP contribution in [-0.2, 0) is 21.5 Å². The fraction of sp³-hybridized carbons (Fsp3) is 0.200. The third-order valence-electron chi connectivity index (χ3n) is 4.32. The molecule has 0 heterocycles. The number of carbonyl (C=O) groups is 2. The molecule has 128 valence electrons. The van der Waals surface area contributed by atoms with E-state index in [9.17, 15) is 14.0 Å². The first-order valence-electron chi connectivity index (χ1n) is 8.11. The van der Waals surface area contributed by atoms with E-state index in [0.29, 0.717) is 11.3 Å². The Kier molecular flexibility index (Phi) is 4.65. The Morgan fingerprint density at radius 1 is 1.16 bits per heavy atom. The van der Waals surface area contributed by atoms with Crippen LogP contribution in [0.2, 0.25) is 0 Å². The number of anilines is 1. The zero-order valence-electron chi connectivity index (χ0n) is 13.7. The lowest BCUT2D eigenvalue weighted by Crippen LogP contribution is -2.36. The van der Waals surface area contributed by atoms with Crippen LogP contribution in [-0.4, -0.2) is 11.8 Å². The first kappa shape index (κ1) is 16.9. The number of para-hydroxylation sites is 1. The maximum atomic E-state index is 13.5. The Morgan fingerprint density at radius 3 is 2.60 bits per heavy atom. The van der Waals surface area contributed by atoms with E-state index in [2.05, 4.69) is 17.2 Å². The number of benzene rings is 2. The van der Waals surface area contributed by atoms with Gasteiger partial charge in [0.25, 0.3) is 0 Å². The van der Waals surface area contributed by atoms with Gasteiger partial charge in [0.1, 0.15) is 5.82 Å². The Bertz CT molecular complexity index is 828. The summed E-state index contributed by atoms with van der Waals surface area (Å²) in [5.41, 5.74) is 1.61. The average molecular weight is 338 g/mol. The molecule has 0 unspecified atom stereocenters. The molecule has 0 aromatic heterocycles. The summed E-state index contributed by atoms with van der Waals surface area (Å²) in [6.45, 7) is 3.42. The topological polar surface area (TPSA) is 58.2 Å². The summed E-state index contributed by atoms with van der Waals surface area (Å²) in [5.74, 6) is -0.802. The van der Waals surface area contributed by atoms with E-state index in [1.165, 1.54) is 18.2 Å². The lowest BCUT2D eigenvalue weighted by molar-refractivity contribution is -0.121. The Balaban J connectivity index is 1.71. The third kappa shape index (κ3) is 3.94. The lowest BCUT2D eigenvalue weighted by Gasteiger charge is -2.19. The van der Waals surface area contributed by atoms with Crippen LogP contribution in [0.4, 0.5) is 10.1 Å². The monoisotopic (exact) mass is 338 g/mol. The predicted octanol–water partition coefficient (Wildman–Crippen LogP) is 3.30. The first-order chi connectivity index (χ1) is 12.0. The van der Waals surface area contributed by atoms with Crippen molar-refractivity contribution in [3.63, 3.8) is 0 Å². The van der Waals surface area contributed by atoms with Gasteiger partial charge in [0.15, 0.2) is 0 Å². The maximum Gasteiger partial charge on any atom is 0.247 e. The van der Waals surface area contributed by atoms with E-state index in [1.54, 1.807) is 24.3 Å². The van der Waals surface area contributed by atoms with E-state index < -0.39 is 5.54 Å². The van der Waals surface area contributed by atoms with Crippen LogP contribution < -0.4 is 10.6 Å². The Hall–Kier alpha value is -2.95. The minimum Gasteiger partial charge on any atom is -0.346 e. The lowest BCUT2D eigenvalue weighted by atomic mass is 10.0. The minimum absolute atomic E-state index is 0.130. The molecule has 1 saturated carbocycles. The summed E-state index contributed by atoms with van der Waals surface area (Å²) in [4.78, 5) is 24.0. The van der Waals surface area contributed by atoms with Crippen LogP contribution in [0.15, 0.2) is 61.2 Å². The summed E-state index contributed by atoms with van der Waals surface area (Å²) < 4.78 is 13.5. The standard InChI is InChI=1S/C20H19FN2O2/c1-2-18(24)22-17-9-4-3-6-14(17)12-19(25)23-20(10-11-20)15-7-5-8-16(21)13-15/h2-9,13H,1,10-12H2,(H,22,24)(H,23,25). The van der Waals surface area contributed by atoms with E-state index in [0.717, 1.165) is 18.4 Å². The molecule has 0 atom stereocenters. The molecule has 2 aromatic carbocycles. The van der Waals surface area contributed by atoms with Gasteiger partial charge in [-0.1, -0.05) is 36.9 Å². The van der Waals surface area contributed by atoms with Gasteiger partial charge in [-0.25, -0.2) is 4.39 Å². The molecule has 0 radical (unpaired) electrons. The highest BCUT2D eigenvalue weighted by Crippen LogP contribution is 2.45. The Morgan fingerprint density at radius 2 is 1.92 bits per heavy atom. The highest BCUT2D eigenvalue weighted by atomic mass is 19.1. The Labute approximate surface area is 145 Å². The van der Waals surface area contributed by atoms with E-state index in [1.807, 2.05) is 12.1 Å². The van der Waals surface area contributed by atoms with Crippen LogP contribution >= 0.6 is 0 Å². The van der Waals surface area contributed by atoms with Crippen molar-refractivity contribution in [1.82, 2.24) is 5.32 Å². The largest absolute Gasteiger partial charge is 0.346 e. The maximum absolute atomic E-state index is 13.5. The molecule has 1 aliphatic rings. The summed E-state index contributed by atoms with van der Waals surface area (Å²) in [6, 6.07) is 13.5. The van der Waals surface area contributed by atoms with Crippen molar-refractivity contribution in [2.75, 3.05) is 5.32 Å². The second kappa shape index (κ2) is 6.89. The van der Waals surface area contributed by atoms with Crippen molar-refractivity contribution >= 4 is 17.5 Å². The van der Waals surface area contributed by atoms with E-state index in [4.69, 9.17) is 0 Å². The molecule has 0 aliphatic heterocycles. The number of carbonyl (C=O) groups excluding carboxylic acids is 2. The number of amides is 2. The van der Waals surface area contributed by atoms with Crippen LogP contribution in [0.1, 0.15) is 24.0 Å². The molecule has 5 heteroatoms. The van der Waals surface area contributed by atoms with Gasteiger partial charge in [-0.2, -0.15) is 0 Å². The van der Waals surface area contributed by atoms with Crippen LogP contribution in [0.25, 0.3) is 0 Å². The SMILES string of the molecule is C=CC(=O)Nc1ccccc1CC(=O)NC1(c2cccc(F)c2)CC1. The van der Waals surface area contributed by atoms with Gasteiger partial charge in [-0.3, -0.25) is 9.59 Å². The van der Waals surface area contributed by atoms with E-state index in [-0.39, 0.29) is 24.1 Å². The molecule has 25 heavy (non-hydrogen) atoms. The van der Waals surface area contributed by atoms with Gasteiger partial charge in [-0.05, 0) is 48.2 Å². The van der Waals surface area contributed by atoms with E-state index >= 15 is 0 Å². The number of nitrogens with one attached hydrogen (secondary N) is 2. The zero-order chi connectivity index (χ0) is 17.9. The molecular formula is C20H19FN2O2. The quantitative estimate of drug-likeness (QED) is 0.794. The van der Waals surface area contributed by atoms with Gasteiger partial charge in [0.05, 0.1) is 12.0 Å². The smallest absolute Gasteiger partial charge is 0.247 e. The first-order valence-corrected chi connectivity index (χ1v) is 8.11. The molecule has 0 bridgehead atoms. The minimum atomic E-state index is -0.474. The summed E-state index contributed by atoms with van der Waals surface area (Å²) in [5, 5.41) is 5.71. The fourth-order valence-electron chi connectivity index (χ4n) is 2.86. The number of rotatable bonds is 6. The van der Waals surface area contributed by atoms with Gasteiger partial charge in [0.2, 0.25) is 11.8 Å².